The Labute approximate surface area is 149 Å². The van der Waals surface area contributed by atoms with Gasteiger partial charge in [0.1, 0.15) is 5.75 Å². The van der Waals surface area contributed by atoms with Gasteiger partial charge in [-0.1, -0.05) is 27.3 Å². The number of aromatic nitrogens is 2. The fourth-order valence-electron chi connectivity index (χ4n) is 2.53. The third-order valence-corrected chi connectivity index (χ3v) is 5.13. The molecule has 0 aliphatic carbocycles. The normalized spacial score (nSPS) is 11.1. The van der Waals surface area contributed by atoms with Crippen molar-refractivity contribution in [3.63, 3.8) is 0 Å². The number of rotatable bonds is 3. The van der Waals surface area contributed by atoms with Crippen LogP contribution >= 0.6 is 27.3 Å². The highest BCUT2D eigenvalue weighted by atomic mass is 79.9. The Morgan fingerprint density at radius 2 is 2.17 bits per heavy atom. The van der Waals surface area contributed by atoms with Crippen LogP contribution in [0.25, 0.3) is 21.1 Å². The third kappa shape index (κ3) is 2.65. The summed E-state index contributed by atoms with van der Waals surface area (Å²) >= 11 is 4.85. The van der Waals surface area contributed by atoms with E-state index in [4.69, 9.17) is 4.74 Å². The van der Waals surface area contributed by atoms with Gasteiger partial charge in [0.25, 0.3) is 5.91 Å². The molecule has 0 spiro atoms. The fraction of sp³-hybridized carbons (Fsp3) is 0.0588. The summed E-state index contributed by atoms with van der Waals surface area (Å²) in [5.41, 5.74) is 2.33. The quantitative estimate of drug-likeness (QED) is 0.517. The molecule has 2 N–H and O–H groups in total. The van der Waals surface area contributed by atoms with Crippen molar-refractivity contribution in [2.75, 3.05) is 12.4 Å². The molecule has 24 heavy (non-hydrogen) atoms. The van der Waals surface area contributed by atoms with Gasteiger partial charge in [-0.15, -0.1) is 0 Å². The molecule has 1 amide bonds. The summed E-state index contributed by atoms with van der Waals surface area (Å²) in [5.74, 6) is 0.580. The summed E-state index contributed by atoms with van der Waals surface area (Å²) in [7, 11) is 1.63. The molecule has 5 nitrogen and oxygen atoms in total. The lowest BCUT2D eigenvalue weighted by Gasteiger charge is -2.00. The molecule has 0 fully saturated rings. The maximum Gasteiger partial charge on any atom is 0.259 e. The number of thiazole rings is 1. The van der Waals surface area contributed by atoms with Crippen molar-refractivity contribution in [3.8, 4) is 5.75 Å². The molecule has 2 aromatic carbocycles. The second-order valence-corrected chi connectivity index (χ2v) is 7.15. The van der Waals surface area contributed by atoms with Crippen LogP contribution in [0.1, 0.15) is 10.4 Å². The monoisotopic (exact) mass is 401 g/mol. The Kier molecular flexibility index (Phi) is 3.74. The lowest BCUT2D eigenvalue weighted by atomic mass is 10.1. The smallest absolute Gasteiger partial charge is 0.259 e. The second-order valence-electron chi connectivity index (χ2n) is 5.20. The molecule has 0 aliphatic rings. The molecule has 120 valence electrons. The van der Waals surface area contributed by atoms with Gasteiger partial charge in [-0.2, -0.15) is 0 Å². The minimum Gasteiger partial charge on any atom is -0.497 e. The number of nitrogens with one attached hydrogen (secondary N) is 2. The number of fused-ring (bicyclic) bond motifs is 2. The molecule has 2 aromatic heterocycles. The molecule has 0 atom stereocenters. The van der Waals surface area contributed by atoms with E-state index in [-0.39, 0.29) is 5.91 Å². The van der Waals surface area contributed by atoms with Crippen LogP contribution in [-0.2, 0) is 0 Å². The molecule has 7 heteroatoms. The number of anilines is 1. The highest BCUT2D eigenvalue weighted by Crippen LogP contribution is 2.30. The van der Waals surface area contributed by atoms with Crippen molar-refractivity contribution < 1.29 is 9.53 Å². The zero-order chi connectivity index (χ0) is 16.7. The van der Waals surface area contributed by atoms with E-state index in [0.717, 1.165) is 31.3 Å². The zero-order valence-corrected chi connectivity index (χ0v) is 15.0. The average molecular weight is 402 g/mol. The molecule has 4 rings (SSSR count). The highest BCUT2D eigenvalue weighted by molar-refractivity contribution is 9.10. The summed E-state index contributed by atoms with van der Waals surface area (Å²) in [6.07, 6.45) is 1.71. The molecule has 0 bridgehead atoms. The number of H-pyrrole nitrogens is 1. The molecule has 0 unspecified atom stereocenters. The lowest BCUT2D eigenvalue weighted by Crippen LogP contribution is -2.10. The van der Waals surface area contributed by atoms with Crippen molar-refractivity contribution in [3.05, 3.63) is 52.6 Å². The molecule has 4 aromatic rings. The van der Waals surface area contributed by atoms with Crippen molar-refractivity contribution >= 4 is 59.4 Å². The van der Waals surface area contributed by atoms with E-state index >= 15 is 0 Å². The maximum atomic E-state index is 12.6. The lowest BCUT2D eigenvalue weighted by molar-refractivity contribution is 0.102. The van der Waals surface area contributed by atoms with Crippen LogP contribution in [0.5, 0.6) is 5.75 Å². The maximum absolute atomic E-state index is 12.6. The van der Waals surface area contributed by atoms with Crippen molar-refractivity contribution in [2.24, 2.45) is 0 Å². The van der Waals surface area contributed by atoms with E-state index in [2.05, 4.69) is 31.2 Å². The number of nitrogens with zero attached hydrogens (tertiary/aromatic N) is 1. The van der Waals surface area contributed by atoms with E-state index < -0.39 is 0 Å². The standard InChI is InChI=1S/C17H12BrN3O2S/c1-23-10-3-5-14-15(7-10)24-17(20-14)21-16(22)12-8-19-13-4-2-9(18)6-11(12)13/h2-8,19H,1H3,(H,20,21,22). The number of ether oxygens (including phenoxy) is 1. The first-order valence-corrected chi connectivity index (χ1v) is 8.77. The van der Waals surface area contributed by atoms with E-state index in [0.29, 0.717) is 10.7 Å². The van der Waals surface area contributed by atoms with Gasteiger partial charge in [0, 0.05) is 21.6 Å². The predicted molar refractivity (Wildman–Crippen MR) is 100 cm³/mol. The van der Waals surface area contributed by atoms with Gasteiger partial charge in [0.05, 0.1) is 22.9 Å². The van der Waals surface area contributed by atoms with Gasteiger partial charge in [0.15, 0.2) is 5.13 Å². The van der Waals surface area contributed by atoms with Crippen LogP contribution < -0.4 is 10.1 Å². The van der Waals surface area contributed by atoms with Crippen LogP contribution in [0.15, 0.2) is 47.1 Å². The molecule has 0 saturated carbocycles. The fourth-order valence-corrected chi connectivity index (χ4v) is 3.78. The van der Waals surface area contributed by atoms with Gasteiger partial charge in [-0.25, -0.2) is 4.98 Å². The number of benzene rings is 2. The molecule has 0 saturated heterocycles. The minimum atomic E-state index is -0.189. The minimum absolute atomic E-state index is 0.189. The topological polar surface area (TPSA) is 67.0 Å². The predicted octanol–water partition coefficient (Wildman–Crippen LogP) is 4.80. The van der Waals surface area contributed by atoms with Gasteiger partial charge in [-0.3, -0.25) is 10.1 Å². The van der Waals surface area contributed by atoms with Gasteiger partial charge in [-0.05, 0) is 36.4 Å². The Bertz CT molecular complexity index is 1070. The number of halogens is 1. The van der Waals surface area contributed by atoms with E-state index in [9.17, 15) is 4.79 Å². The molecular formula is C17H12BrN3O2S. The number of aromatic amines is 1. The van der Waals surface area contributed by atoms with E-state index in [1.807, 2.05) is 36.4 Å². The number of hydrogen-bond donors (Lipinski definition) is 2. The summed E-state index contributed by atoms with van der Waals surface area (Å²) in [4.78, 5) is 20.2. The second kappa shape index (κ2) is 5.92. The molecule has 2 heterocycles. The van der Waals surface area contributed by atoms with Crippen LogP contribution in [0, 0.1) is 0 Å². The first-order chi connectivity index (χ1) is 11.6. The van der Waals surface area contributed by atoms with Gasteiger partial charge >= 0.3 is 0 Å². The van der Waals surface area contributed by atoms with Crippen molar-refractivity contribution in [1.29, 1.82) is 0 Å². The Morgan fingerprint density at radius 1 is 1.29 bits per heavy atom. The third-order valence-electron chi connectivity index (χ3n) is 3.70. The summed E-state index contributed by atoms with van der Waals surface area (Å²) in [6, 6.07) is 11.4. The Hall–Kier alpha value is -2.38. The number of carbonyl (C=O) groups is 1. The Balaban J connectivity index is 1.66. The van der Waals surface area contributed by atoms with E-state index in [1.54, 1.807) is 13.3 Å². The van der Waals surface area contributed by atoms with Crippen LogP contribution in [0.4, 0.5) is 5.13 Å². The first-order valence-electron chi connectivity index (χ1n) is 7.16. The largest absolute Gasteiger partial charge is 0.497 e. The summed E-state index contributed by atoms with van der Waals surface area (Å²) in [6.45, 7) is 0. The zero-order valence-electron chi connectivity index (χ0n) is 12.6. The van der Waals surface area contributed by atoms with E-state index in [1.165, 1.54) is 11.3 Å². The molecular weight excluding hydrogens is 390 g/mol. The Morgan fingerprint density at radius 3 is 3.00 bits per heavy atom. The van der Waals surface area contributed by atoms with Crippen molar-refractivity contribution in [2.45, 2.75) is 0 Å². The average Bonchev–Trinajstić information content (AvgIpc) is 3.16. The number of carbonyl (C=O) groups excluding carboxylic acids is 1. The van der Waals surface area contributed by atoms with Crippen LogP contribution in [0.2, 0.25) is 0 Å². The number of amides is 1. The molecule has 0 radical (unpaired) electrons. The molecule has 0 aliphatic heterocycles. The number of hydrogen-bond acceptors (Lipinski definition) is 4. The highest BCUT2D eigenvalue weighted by Gasteiger charge is 2.14. The summed E-state index contributed by atoms with van der Waals surface area (Å²) < 4.78 is 7.10. The van der Waals surface area contributed by atoms with Gasteiger partial charge in [0.2, 0.25) is 0 Å². The van der Waals surface area contributed by atoms with Crippen LogP contribution in [0.3, 0.4) is 0 Å². The van der Waals surface area contributed by atoms with Crippen molar-refractivity contribution in [1.82, 2.24) is 9.97 Å². The summed E-state index contributed by atoms with van der Waals surface area (Å²) in [5, 5.41) is 4.30. The van der Waals surface area contributed by atoms with Crippen LogP contribution in [-0.4, -0.2) is 23.0 Å². The first kappa shape index (κ1) is 15.2. The number of methoxy groups -OCH3 is 1. The van der Waals surface area contributed by atoms with Gasteiger partial charge < -0.3 is 9.72 Å². The SMILES string of the molecule is COc1ccc2nc(NC(=O)c3c[nH]c4ccc(Br)cc34)sc2c1.